The summed E-state index contributed by atoms with van der Waals surface area (Å²) in [5.74, 6) is 16.1. The Labute approximate surface area is 95.8 Å². The van der Waals surface area contributed by atoms with Gasteiger partial charge in [0, 0.05) is 5.56 Å². The maximum atomic E-state index is 8.42. The van der Waals surface area contributed by atoms with Crippen molar-refractivity contribution < 1.29 is 5.11 Å². The molecule has 1 aromatic carbocycles. The van der Waals surface area contributed by atoms with Crippen LogP contribution < -0.4 is 0 Å². The van der Waals surface area contributed by atoms with Crippen molar-refractivity contribution in [2.45, 2.75) is 0 Å². The quantitative estimate of drug-likeness (QED) is 0.692. The van der Waals surface area contributed by atoms with Gasteiger partial charge in [0.25, 0.3) is 0 Å². The average Bonchev–Trinajstić information content (AvgIpc) is 2.34. The van der Waals surface area contributed by atoms with Crippen LogP contribution >= 0.6 is 0 Å². The van der Waals surface area contributed by atoms with Crippen LogP contribution in [0.4, 0.5) is 0 Å². The third-order valence-electron chi connectivity index (χ3n) is 1.55. The minimum atomic E-state index is -0.00405. The predicted octanol–water partition coefficient (Wildman–Crippen LogP) is 1.59. The molecule has 0 spiro atoms. The van der Waals surface area contributed by atoms with Gasteiger partial charge in [-0.25, -0.2) is 0 Å². The largest absolute Gasteiger partial charge is 0.392 e. The highest BCUT2D eigenvalue weighted by Gasteiger charge is 1.78. The van der Waals surface area contributed by atoms with Crippen molar-refractivity contribution in [1.82, 2.24) is 0 Å². The summed E-state index contributed by atoms with van der Waals surface area (Å²) in [4.78, 5) is 0. The molecule has 0 amide bonds. The molecule has 0 aliphatic rings. The standard InChI is InChI=1S/C15H10O/c16-14-10-5-3-1-2-4-7-11-15-12-8-6-9-13-15/h5-6,8-10,12-13,16H,14H2/b10-5+. The lowest BCUT2D eigenvalue weighted by Crippen LogP contribution is -1.69. The van der Waals surface area contributed by atoms with Crippen molar-refractivity contribution in [1.29, 1.82) is 0 Å². The van der Waals surface area contributed by atoms with Crippen LogP contribution in [-0.4, -0.2) is 11.7 Å². The number of rotatable bonds is 1. The van der Waals surface area contributed by atoms with E-state index in [1.165, 1.54) is 0 Å². The summed E-state index contributed by atoms with van der Waals surface area (Å²) in [6.07, 6.45) is 3.10. The number of aliphatic hydroxyl groups is 1. The first-order valence-corrected chi connectivity index (χ1v) is 4.76. The molecule has 0 atom stereocenters. The van der Waals surface area contributed by atoms with Crippen molar-refractivity contribution in [3.63, 3.8) is 0 Å². The molecule has 76 valence electrons. The highest BCUT2D eigenvalue weighted by atomic mass is 16.2. The molecule has 0 unspecified atom stereocenters. The highest BCUT2D eigenvalue weighted by molar-refractivity contribution is 5.43. The van der Waals surface area contributed by atoms with E-state index in [4.69, 9.17) is 5.11 Å². The normalized spacial score (nSPS) is 8.06. The van der Waals surface area contributed by atoms with Crippen LogP contribution in [0.25, 0.3) is 0 Å². The van der Waals surface area contributed by atoms with Crippen molar-refractivity contribution in [2.75, 3.05) is 6.61 Å². The zero-order valence-corrected chi connectivity index (χ0v) is 8.70. The van der Waals surface area contributed by atoms with Crippen molar-refractivity contribution in [3.05, 3.63) is 48.0 Å². The van der Waals surface area contributed by atoms with E-state index in [1.807, 2.05) is 30.3 Å². The van der Waals surface area contributed by atoms with Gasteiger partial charge in [-0.2, -0.15) is 0 Å². The molecule has 0 aliphatic heterocycles. The predicted molar refractivity (Wildman–Crippen MR) is 65.1 cm³/mol. The Morgan fingerprint density at radius 1 is 1.00 bits per heavy atom. The fraction of sp³-hybridized carbons (Fsp3) is 0.0667. The zero-order valence-electron chi connectivity index (χ0n) is 8.70. The number of allylic oxidation sites excluding steroid dienone is 1. The van der Waals surface area contributed by atoms with E-state index in [0.29, 0.717) is 0 Å². The minimum Gasteiger partial charge on any atom is -0.392 e. The van der Waals surface area contributed by atoms with Crippen LogP contribution in [0.5, 0.6) is 0 Å². The molecule has 1 heteroatoms. The van der Waals surface area contributed by atoms with Crippen LogP contribution in [0.15, 0.2) is 42.5 Å². The summed E-state index contributed by atoms with van der Waals surface area (Å²) in [6.45, 7) is -0.00405. The molecule has 1 aromatic rings. The van der Waals surface area contributed by atoms with Gasteiger partial charge in [0.2, 0.25) is 0 Å². The number of hydrogen-bond donors (Lipinski definition) is 1. The van der Waals surface area contributed by atoms with E-state index in [2.05, 4.69) is 35.5 Å². The number of benzene rings is 1. The van der Waals surface area contributed by atoms with Gasteiger partial charge in [-0.05, 0) is 41.9 Å². The molecule has 0 heterocycles. The molecule has 1 rings (SSSR count). The van der Waals surface area contributed by atoms with Crippen molar-refractivity contribution >= 4 is 0 Å². The zero-order chi connectivity index (χ0) is 11.5. The maximum Gasteiger partial charge on any atom is 0.0621 e. The fourth-order valence-electron chi connectivity index (χ4n) is 0.877. The van der Waals surface area contributed by atoms with E-state index >= 15 is 0 Å². The van der Waals surface area contributed by atoms with Crippen LogP contribution in [0, 0.1) is 35.5 Å². The molecule has 16 heavy (non-hydrogen) atoms. The Kier molecular flexibility index (Phi) is 5.80. The van der Waals surface area contributed by atoms with Crippen LogP contribution in [0.2, 0.25) is 0 Å². The van der Waals surface area contributed by atoms with E-state index < -0.39 is 0 Å². The summed E-state index contributed by atoms with van der Waals surface area (Å²) < 4.78 is 0. The summed E-state index contributed by atoms with van der Waals surface area (Å²) in [7, 11) is 0. The summed E-state index contributed by atoms with van der Waals surface area (Å²) in [5, 5.41) is 8.42. The SMILES string of the molecule is OC/C=C/C#CC#CC#Cc1ccccc1. The van der Waals surface area contributed by atoms with Crippen molar-refractivity contribution in [2.24, 2.45) is 0 Å². The van der Waals surface area contributed by atoms with Gasteiger partial charge in [-0.15, -0.1) is 0 Å². The van der Waals surface area contributed by atoms with Crippen molar-refractivity contribution in [3.8, 4) is 35.5 Å². The second kappa shape index (κ2) is 7.95. The molecule has 0 aromatic heterocycles. The van der Waals surface area contributed by atoms with Gasteiger partial charge in [0.1, 0.15) is 0 Å². The third kappa shape index (κ3) is 5.36. The molecule has 0 saturated carbocycles. The first-order valence-electron chi connectivity index (χ1n) is 4.76. The number of hydrogen-bond acceptors (Lipinski definition) is 1. The van der Waals surface area contributed by atoms with Crippen LogP contribution in [0.1, 0.15) is 5.56 Å². The van der Waals surface area contributed by atoms with Crippen LogP contribution in [0.3, 0.4) is 0 Å². The molecule has 0 aliphatic carbocycles. The summed E-state index contributed by atoms with van der Waals surface area (Å²) in [6, 6.07) is 9.64. The maximum absolute atomic E-state index is 8.42. The third-order valence-corrected chi connectivity index (χ3v) is 1.55. The molecular formula is C15H10O. The Hall–Kier alpha value is -2.40. The highest BCUT2D eigenvalue weighted by Crippen LogP contribution is 1.93. The fourth-order valence-corrected chi connectivity index (χ4v) is 0.877. The van der Waals surface area contributed by atoms with E-state index in [0.717, 1.165) is 5.56 Å². The molecule has 0 radical (unpaired) electrons. The van der Waals surface area contributed by atoms with Gasteiger partial charge in [0.15, 0.2) is 0 Å². The van der Waals surface area contributed by atoms with Gasteiger partial charge in [-0.1, -0.05) is 36.1 Å². The first-order chi connectivity index (χ1) is 7.93. The Morgan fingerprint density at radius 2 is 1.75 bits per heavy atom. The summed E-state index contributed by atoms with van der Waals surface area (Å²) in [5.41, 5.74) is 0.935. The molecule has 1 nitrogen and oxygen atoms in total. The molecule has 0 saturated heterocycles. The Balaban J connectivity index is 2.52. The van der Waals surface area contributed by atoms with Gasteiger partial charge < -0.3 is 5.11 Å². The lowest BCUT2D eigenvalue weighted by molar-refractivity contribution is 0.343. The topological polar surface area (TPSA) is 20.2 Å². The van der Waals surface area contributed by atoms with E-state index in [1.54, 1.807) is 12.2 Å². The molecule has 0 bridgehead atoms. The molecule has 0 fully saturated rings. The van der Waals surface area contributed by atoms with Gasteiger partial charge >= 0.3 is 0 Å². The summed E-state index contributed by atoms with van der Waals surface area (Å²) >= 11 is 0. The molecule has 1 N–H and O–H groups in total. The second-order valence-corrected chi connectivity index (χ2v) is 2.72. The number of aliphatic hydroxyl groups excluding tert-OH is 1. The smallest absolute Gasteiger partial charge is 0.0621 e. The lowest BCUT2D eigenvalue weighted by atomic mass is 10.2. The Bertz CT molecular complexity index is 519. The minimum absolute atomic E-state index is 0.00405. The monoisotopic (exact) mass is 206 g/mol. The van der Waals surface area contributed by atoms with Gasteiger partial charge in [0.05, 0.1) is 6.61 Å². The lowest BCUT2D eigenvalue weighted by Gasteiger charge is -1.83. The first kappa shape index (κ1) is 11.7. The van der Waals surface area contributed by atoms with Crippen LogP contribution in [-0.2, 0) is 0 Å². The van der Waals surface area contributed by atoms with E-state index in [-0.39, 0.29) is 6.61 Å². The molecular weight excluding hydrogens is 196 g/mol. The Morgan fingerprint density at radius 3 is 2.50 bits per heavy atom. The second-order valence-electron chi connectivity index (χ2n) is 2.72. The van der Waals surface area contributed by atoms with E-state index in [9.17, 15) is 0 Å². The average molecular weight is 206 g/mol. The van der Waals surface area contributed by atoms with Gasteiger partial charge in [-0.3, -0.25) is 0 Å².